The SMILES string of the molecule is Nc1ccc2cc(C(=O)Nc3ccc(Oc4ccnc5ccccc45)cn3)c(=O)n(-c3ccccc3)c2c1. The summed E-state index contributed by atoms with van der Waals surface area (Å²) in [5, 5.41) is 4.30. The molecule has 38 heavy (non-hydrogen) atoms. The number of hydrogen-bond donors (Lipinski definition) is 2. The molecule has 0 bridgehead atoms. The van der Waals surface area contributed by atoms with E-state index in [1.54, 1.807) is 60.8 Å². The highest BCUT2D eigenvalue weighted by Crippen LogP contribution is 2.28. The number of fused-ring (bicyclic) bond motifs is 2. The van der Waals surface area contributed by atoms with Crippen LogP contribution in [0, 0.1) is 0 Å². The molecule has 8 heteroatoms. The lowest BCUT2D eigenvalue weighted by Crippen LogP contribution is -2.28. The van der Waals surface area contributed by atoms with Gasteiger partial charge in [-0.05, 0) is 66.0 Å². The van der Waals surface area contributed by atoms with Crippen LogP contribution in [0.1, 0.15) is 10.4 Å². The quantitative estimate of drug-likeness (QED) is 0.300. The molecule has 8 nitrogen and oxygen atoms in total. The van der Waals surface area contributed by atoms with Crippen LogP contribution in [0.3, 0.4) is 0 Å². The highest BCUT2D eigenvalue weighted by Gasteiger charge is 2.18. The van der Waals surface area contributed by atoms with Crippen molar-refractivity contribution in [1.29, 1.82) is 0 Å². The molecular formula is C30H21N5O3. The summed E-state index contributed by atoms with van der Waals surface area (Å²) >= 11 is 0. The first kappa shape index (κ1) is 22.9. The zero-order valence-electron chi connectivity index (χ0n) is 20.0. The Morgan fingerprint density at radius 1 is 0.868 bits per heavy atom. The van der Waals surface area contributed by atoms with E-state index in [9.17, 15) is 9.59 Å². The number of nitrogens with one attached hydrogen (secondary N) is 1. The van der Waals surface area contributed by atoms with Crippen molar-refractivity contribution in [2.45, 2.75) is 0 Å². The smallest absolute Gasteiger partial charge is 0.268 e. The summed E-state index contributed by atoms with van der Waals surface area (Å²) in [5.74, 6) is 0.853. The summed E-state index contributed by atoms with van der Waals surface area (Å²) in [7, 11) is 0. The van der Waals surface area contributed by atoms with Crippen molar-refractivity contribution < 1.29 is 9.53 Å². The highest BCUT2D eigenvalue weighted by atomic mass is 16.5. The van der Waals surface area contributed by atoms with Crippen LogP contribution >= 0.6 is 0 Å². The van der Waals surface area contributed by atoms with Crippen LogP contribution in [0.4, 0.5) is 11.5 Å². The van der Waals surface area contributed by atoms with Crippen LogP contribution in [-0.4, -0.2) is 20.4 Å². The summed E-state index contributed by atoms with van der Waals surface area (Å²) in [6.45, 7) is 0. The van der Waals surface area contributed by atoms with Gasteiger partial charge in [0.1, 0.15) is 22.9 Å². The number of rotatable bonds is 5. The number of nitrogen functional groups attached to an aromatic ring is 1. The summed E-state index contributed by atoms with van der Waals surface area (Å²) in [6.07, 6.45) is 3.19. The van der Waals surface area contributed by atoms with Gasteiger partial charge in [-0.3, -0.25) is 19.1 Å². The summed E-state index contributed by atoms with van der Waals surface area (Å²) in [5.41, 5.74) is 8.10. The predicted molar refractivity (Wildman–Crippen MR) is 148 cm³/mol. The number of carbonyl (C=O) groups is 1. The molecule has 0 saturated carbocycles. The number of hydrogen-bond acceptors (Lipinski definition) is 6. The van der Waals surface area contributed by atoms with Gasteiger partial charge in [0.05, 0.1) is 17.2 Å². The minimum atomic E-state index is -0.570. The molecule has 0 aliphatic heterocycles. The van der Waals surface area contributed by atoms with Gasteiger partial charge >= 0.3 is 0 Å². The average Bonchev–Trinajstić information content (AvgIpc) is 2.94. The van der Waals surface area contributed by atoms with Crippen LogP contribution in [-0.2, 0) is 0 Å². The van der Waals surface area contributed by atoms with Gasteiger partial charge < -0.3 is 15.8 Å². The standard InChI is InChI=1S/C30H21N5O3/c31-20-11-10-19-16-24(30(37)35(26(19)17-20)21-6-2-1-3-7-21)29(36)34-28-13-12-22(18-33-28)38-27-14-15-32-25-9-5-4-8-23(25)27/h1-18H,31H2,(H,33,34,36). The number of amides is 1. The molecule has 0 aliphatic rings. The Morgan fingerprint density at radius 2 is 1.68 bits per heavy atom. The van der Waals surface area contributed by atoms with E-state index in [0.717, 1.165) is 10.9 Å². The predicted octanol–water partition coefficient (Wildman–Crippen LogP) is 5.56. The lowest BCUT2D eigenvalue weighted by atomic mass is 10.1. The number of anilines is 2. The summed E-state index contributed by atoms with van der Waals surface area (Å²) in [4.78, 5) is 35.4. The molecule has 3 aromatic heterocycles. The number of benzene rings is 3. The maximum absolute atomic E-state index is 13.5. The molecule has 0 spiro atoms. The van der Waals surface area contributed by atoms with Gasteiger partial charge in [-0.15, -0.1) is 0 Å². The molecule has 3 aromatic carbocycles. The normalized spacial score (nSPS) is 10.9. The largest absolute Gasteiger partial charge is 0.455 e. The van der Waals surface area contributed by atoms with E-state index >= 15 is 0 Å². The van der Waals surface area contributed by atoms with E-state index in [2.05, 4.69) is 15.3 Å². The third kappa shape index (κ3) is 4.31. The maximum atomic E-state index is 13.5. The number of pyridine rings is 3. The van der Waals surface area contributed by atoms with E-state index in [0.29, 0.717) is 33.8 Å². The van der Waals surface area contributed by atoms with Crippen LogP contribution in [0.2, 0.25) is 0 Å². The molecule has 6 aromatic rings. The van der Waals surface area contributed by atoms with Crippen molar-refractivity contribution in [1.82, 2.24) is 14.5 Å². The molecule has 3 N–H and O–H groups in total. The molecule has 0 aliphatic carbocycles. The first-order valence-corrected chi connectivity index (χ1v) is 11.9. The minimum absolute atomic E-state index is 0.0171. The molecule has 0 radical (unpaired) electrons. The van der Waals surface area contributed by atoms with Gasteiger partial charge in [0.2, 0.25) is 0 Å². The Bertz CT molecular complexity index is 1860. The van der Waals surface area contributed by atoms with Crippen LogP contribution in [0.5, 0.6) is 11.5 Å². The fourth-order valence-electron chi connectivity index (χ4n) is 4.30. The molecule has 1 amide bonds. The number of carbonyl (C=O) groups excluding carboxylic acids is 1. The summed E-state index contributed by atoms with van der Waals surface area (Å²) < 4.78 is 7.49. The van der Waals surface area contributed by atoms with E-state index in [1.165, 1.54) is 10.8 Å². The molecule has 0 fully saturated rings. The van der Waals surface area contributed by atoms with Gasteiger partial charge in [0, 0.05) is 23.0 Å². The van der Waals surface area contributed by atoms with Crippen molar-refractivity contribution in [2.24, 2.45) is 0 Å². The molecule has 0 unspecified atom stereocenters. The molecule has 0 atom stereocenters. The Kier molecular flexibility index (Phi) is 5.74. The second-order valence-electron chi connectivity index (χ2n) is 8.61. The molecular weight excluding hydrogens is 478 g/mol. The lowest BCUT2D eigenvalue weighted by molar-refractivity contribution is 0.102. The second kappa shape index (κ2) is 9.51. The maximum Gasteiger partial charge on any atom is 0.268 e. The average molecular weight is 500 g/mol. The van der Waals surface area contributed by atoms with Crippen molar-refractivity contribution in [3.05, 3.63) is 125 Å². The Labute approximate surface area is 217 Å². The Balaban J connectivity index is 1.30. The first-order chi connectivity index (χ1) is 18.6. The van der Waals surface area contributed by atoms with Gasteiger partial charge in [0.25, 0.3) is 11.5 Å². The van der Waals surface area contributed by atoms with Crippen molar-refractivity contribution in [3.63, 3.8) is 0 Å². The number of ether oxygens (including phenoxy) is 1. The first-order valence-electron chi connectivity index (χ1n) is 11.9. The van der Waals surface area contributed by atoms with E-state index in [4.69, 9.17) is 10.5 Å². The van der Waals surface area contributed by atoms with Gasteiger partial charge in [0.15, 0.2) is 0 Å². The van der Waals surface area contributed by atoms with E-state index < -0.39 is 11.5 Å². The molecule has 0 saturated heterocycles. The lowest BCUT2D eigenvalue weighted by Gasteiger charge is -2.14. The number of aromatic nitrogens is 3. The van der Waals surface area contributed by atoms with Crippen LogP contribution < -0.4 is 21.3 Å². The fourth-order valence-corrected chi connectivity index (χ4v) is 4.30. The molecule has 3 heterocycles. The van der Waals surface area contributed by atoms with Gasteiger partial charge in [-0.1, -0.05) is 36.4 Å². The minimum Gasteiger partial charge on any atom is -0.455 e. The summed E-state index contributed by atoms with van der Waals surface area (Å²) in [6, 6.07) is 28.7. The van der Waals surface area contributed by atoms with E-state index in [1.807, 2.05) is 42.5 Å². The van der Waals surface area contributed by atoms with Gasteiger partial charge in [-0.2, -0.15) is 0 Å². The third-order valence-electron chi connectivity index (χ3n) is 6.10. The fraction of sp³-hybridized carbons (Fsp3) is 0. The topological polar surface area (TPSA) is 112 Å². The molecule has 6 rings (SSSR count). The van der Waals surface area contributed by atoms with Crippen LogP contribution in [0.25, 0.3) is 27.5 Å². The van der Waals surface area contributed by atoms with Crippen molar-refractivity contribution in [3.8, 4) is 17.2 Å². The van der Waals surface area contributed by atoms with Crippen molar-refractivity contribution >= 4 is 39.2 Å². The molecule has 184 valence electrons. The highest BCUT2D eigenvalue weighted by molar-refractivity contribution is 6.05. The monoisotopic (exact) mass is 499 g/mol. The zero-order chi connectivity index (χ0) is 26.1. The zero-order valence-corrected chi connectivity index (χ0v) is 20.0. The third-order valence-corrected chi connectivity index (χ3v) is 6.10. The number of para-hydroxylation sites is 2. The number of nitrogens with two attached hydrogens (primary N) is 1. The van der Waals surface area contributed by atoms with Crippen LogP contribution in [0.15, 0.2) is 114 Å². The van der Waals surface area contributed by atoms with Gasteiger partial charge in [-0.25, -0.2) is 4.98 Å². The van der Waals surface area contributed by atoms with Crippen molar-refractivity contribution in [2.75, 3.05) is 11.1 Å². The Morgan fingerprint density at radius 3 is 2.50 bits per heavy atom. The number of nitrogens with zero attached hydrogens (tertiary/aromatic N) is 3. The van der Waals surface area contributed by atoms with E-state index in [-0.39, 0.29) is 11.4 Å². The second-order valence-corrected chi connectivity index (χ2v) is 8.61. The Hall–Kier alpha value is -5.50.